The van der Waals surface area contributed by atoms with Gasteiger partial charge in [0.05, 0.1) is 5.69 Å². The first-order chi connectivity index (χ1) is 8.19. The predicted octanol–water partition coefficient (Wildman–Crippen LogP) is 3.17. The van der Waals surface area contributed by atoms with E-state index in [4.69, 9.17) is 0 Å². The Hall–Kier alpha value is -1.09. The lowest BCUT2D eigenvalue weighted by atomic mass is 10.1. The average Bonchev–Trinajstić information content (AvgIpc) is 2.35. The van der Waals surface area contributed by atoms with Crippen LogP contribution in [-0.4, -0.2) is 20.1 Å². The smallest absolute Gasteiger partial charge is 0.146 e. The van der Waals surface area contributed by atoms with Crippen LogP contribution < -0.4 is 10.2 Å². The van der Waals surface area contributed by atoms with Crippen molar-refractivity contribution in [2.24, 2.45) is 0 Å². The maximum Gasteiger partial charge on any atom is 0.146 e. The number of unbranched alkanes of at least 4 members (excludes halogenated alkanes) is 1. The van der Waals surface area contributed by atoms with Crippen molar-refractivity contribution in [1.82, 2.24) is 5.32 Å². The fourth-order valence-electron chi connectivity index (χ4n) is 1.75. The van der Waals surface area contributed by atoms with Crippen LogP contribution in [-0.2, 0) is 6.54 Å². The third-order valence-corrected chi connectivity index (χ3v) is 2.85. The average molecular weight is 238 g/mol. The van der Waals surface area contributed by atoms with Gasteiger partial charge < -0.3 is 10.2 Å². The van der Waals surface area contributed by atoms with Gasteiger partial charge in [0, 0.05) is 20.1 Å². The standard InChI is InChI=1S/C14H23FN2/c1-4-6-9-17(3)14-10-12(11-16-5-2)7-8-13(14)15/h7-8,10,16H,4-6,9,11H2,1-3H3. The Morgan fingerprint density at radius 1 is 1.29 bits per heavy atom. The van der Waals surface area contributed by atoms with Gasteiger partial charge in [-0.15, -0.1) is 0 Å². The van der Waals surface area contributed by atoms with Gasteiger partial charge in [0.15, 0.2) is 0 Å². The van der Waals surface area contributed by atoms with Crippen molar-refractivity contribution in [1.29, 1.82) is 0 Å². The van der Waals surface area contributed by atoms with Gasteiger partial charge in [-0.3, -0.25) is 0 Å². The molecule has 0 atom stereocenters. The minimum atomic E-state index is -0.135. The van der Waals surface area contributed by atoms with E-state index in [0.29, 0.717) is 5.69 Å². The molecule has 2 nitrogen and oxygen atoms in total. The largest absolute Gasteiger partial charge is 0.372 e. The second kappa shape index (κ2) is 7.28. The SMILES string of the molecule is CCCCN(C)c1cc(CNCC)ccc1F. The van der Waals surface area contributed by atoms with Crippen molar-refractivity contribution in [3.63, 3.8) is 0 Å². The third-order valence-electron chi connectivity index (χ3n) is 2.85. The maximum absolute atomic E-state index is 13.7. The molecule has 0 aliphatic rings. The molecule has 96 valence electrons. The summed E-state index contributed by atoms with van der Waals surface area (Å²) in [6, 6.07) is 5.34. The fourth-order valence-corrected chi connectivity index (χ4v) is 1.75. The molecular weight excluding hydrogens is 215 g/mol. The number of hydrogen-bond acceptors (Lipinski definition) is 2. The van der Waals surface area contributed by atoms with Crippen LogP contribution in [0.5, 0.6) is 0 Å². The topological polar surface area (TPSA) is 15.3 Å². The zero-order chi connectivity index (χ0) is 12.7. The maximum atomic E-state index is 13.7. The number of nitrogens with one attached hydrogen (secondary N) is 1. The van der Waals surface area contributed by atoms with E-state index < -0.39 is 0 Å². The first kappa shape index (κ1) is 14.0. The molecule has 0 spiro atoms. The first-order valence-corrected chi connectivity index (χ1v) is 6.39. The molecule has 0 unspecified atom stereocenters. The summed E-state index contributed by atoms with van der Waals surface area (Å²) < 4.78 is 13.7. The number of nitrogens with zero attached hydrogens (tertiary/aromatic N) is 1. The molecule has 0 heterocycles. The molecule has 0 aromatic heterocycles. The van der Waals surface area contributed by atoms with E-state index in [1.54, 1.807) is 6.07 Å². The highest BCUT2D eigenvalue weighted by Crippen LogP contribution is 2.20. The monoisotopic (exact) mass is 238 g/mol. The molecule has 0 radical (unpaired) electrons. The molecule has 0 aliphatic carbocycles. The predicted molar refractivity (Wildman–Crippen MR) is 72.0 cm³/mol. The summed E-state index contributed by atoms with van der Waals surface area (Å²) in [5, 5.41) is 3.25. The Kier molecular flexibility index (Phi) is 5.98. The van der Waals surface area contributed by atoms with E-state index in [1.165, 1.54) is 0 Å². The first-order valence-electron chi connectivity index (χ1n) is 6.39. The molecule has 1 aromatic carbocycles. The Morgan fingerprint density at radius 2 is 2.06 bits per heavy atom. The molecule has 17 heavy (non-hydrogen) atoms. The van der Waals surface area contributed by atoms with Gasteiger partial charge in [-0.1, -0.05) is 26.3 Å². The van der Waals surface area contributed by atoms with E-state index in [9.17, 15) is 4.39 Å². The number of hydrogen-bond donors (Lipinski definition) is 1. The van der Waals surface area contributed by atoms with Crippen LogP contribution in [0.2, 0.25) is 0 Å². The van der Waals surface area contributed by atoms with Crippen molar-refractivity contribution in [3.05, 3.63) is 29.6 Å². The number of rotatable bonds is 7. The molecule has 0 amide bonds. The molecular formula is C14H23FN2. The summed E-state index contributed by atoms with van der Waals surface area (Å²) in [7, 11) is 1.95. The van der Waals surface area contributed by atoms with Crippen LogP contribution in [0.15, 0.2) is 18.2 Å². The summed E-state index contributed by atoms with van der Waals surface area (Å²) in [6.45, 7) is 6.84. The van der Waals surface area contributed by atoms with Gasteiger partial charge in [-0.25, -0.2) is 4.39 Å². The minimum absolute atomic E-state index is 0.135. The Bertz CT molecular complexity index is 339. The minimum Gasteiger partial charge on any atom is -0.372 e. The van der Waals surface area contributed by atoms with E-state index in [2.05, 4.69) is 19.2 Å². The molecule has 0 saturated carbocycles. The summed E-state index contributed by atoms with van der Waals surface area (Å²) in [5.41, 5.74) is 1.83. The molecule has 0 saturated heterocycles. The van der Waals surface area contributed by atoms with Crippen LogP contribution in [0, 0.1) is 5.82 Å². The molecule has 3 heteroatoms. The lowest BCUT2D eigenvalue weighted by Crippen LogP contribution is -2.20. The summed E-state index contributed by atoms with van der Waals surface area (Å²) in [5.74, 6) is -0.135. The van der Waals surface area contributed by atoms with Gasteiger partial charge in [-0.2, -0.15) is 0 Å². The van der Waals surface area contributed by atoms with Crippen molar-refractivity contribution < 1.29 is 4.39 Å². The van der Waals surface area contributed by atoms with Gasteiger partial charge in [-0.05, 0) is 30.7 Å². The van der Waals surface area contributed by atoms with E-state index in [-0.39, 0.29) is 5.82 Å². The molecule has 0 bridgehead atoms. The highest BCUT2D eigenvalue weighted by Gasteiger charge is 2.07. The second-order valence-electron chi connectivity index (χ2n) is 4.34. The number of anilines is 1. The molecule has 0 aliphatic heterocycles. The number of halogens is 1. The Morgan fingerprint density at radius 3 is 2.71 bits per heavy atom. The second-order valence-corrected chi connectivity index (χ2v) is 4.34. The highest BCUT2D eigenvalue weighted by atomic mass is 19.1. The van der Waals surface area contributed by atoms with Gasteiger partial charge >= 0.3 is 0 Å². The zero-order valence-corrected chi connectivity index (χ0v) is 11.1. The molecule has 0 fully saturated rings. The zero-order valence-electron chi connectivity index (χ0n) is 11.1. The molecule has 1 rings (SSSR count). The van der Waals surface area contributed by atoms with Crippen LogP contribution in [0.1, 0.15) is 32.3 Å². The third kappa shape index (κ3) is 4.35. The van der Waals surface area contributed by atoms with Crippen molar-refractivity contribution in [3.8, 4) is 0 Å². The van der Waals surface area contributed by atoms with Gasteiger partial charge in [0.1, 0.15) is 5.82 Å². The summed E-state index contributed by atoms with van der Waals surface area (Å²) >= 11 is 0. The van der Waals surface area contributed by atoms with E-state index >= 15 is 0 Å². The van der Waals surface area contributed by atoms with Crippen LogP contribution >= 0.6 is 0 Å². The van der Waals surface area contributed by atoms with Crippen molar-refractivity contribution in [2.45, 2.75) is 33.2 Å². The molecule has 1 aromatic rings. The van der Waals surface area contributed by atoms with Gasteiger partial charge in [0.2, 0.25) is 0 Å². The Balaban J connectivity index is 2.74. The highest BCUT2D eigenvalue weighted by molar-refractivity contribution is 5.49. The normalized spacial score (nSPS) is 10.6. The number of benzene rings is 1. The lowest BCUT2D eigenvalue weighted by molar-refractivity contribution is 0.617. The molecule has 1 N–H and O–H groups in total. The lowest BCUT2D eigenvalue weighted by Gasteiger charge is -2.20. The summed E-state index contributed by atoms with van der Waals surface area (Å²) in [6.07, 6.45) is 2.22. The van der Waals surface area contributed by atoms with Crippen LogP contribution in [0.4, 0.5) is 10.1 Å². The van der Waals surface area contributed by atoms with E-state index in [0.717, 1.165) is 38.0 Å². The van der Waals surface area contributed by atoms with Crippen LogP contribution in [0.25, 0.3) is 0 Å². The quantitative estimate of drug-likeness (QED) is 0.785. The fraction of sp³-hybridized carbons (Fsp3) is 0.571. The summed E-state index contributed by atoms with van der Waals surface area (Å²) in [4.78, 5) is 1.99. The van der Waals surface area contributed by atoms with Crippen LogP contribution in [0.3, 0.4) is 0 Å². The Labute approximate surface area is 104 Å². The van der Waals surface area contributed by atoms with Gasteiger partial charge in [0.25, 0.3) is 0 Å². The van der Waals surface area contributed by atoms with Crippen molar-refractivity contribution in [2.75, 3.05) is 25.0 Å². The van der Waals surface area contributed by atoms with Crippen molar-refractivity contribution >= 4 is 5.69 Å². The van der Waals surface area contributed by atoms with E-state index in [1.807, 2.05) is 24.1 Å².